The first-order valence-electron chi connectivity index (χ1n) is 7.04. The first kappa shape index (κ1) is 15.3. The highest BCUT2D eigenvalue weighted by Gasteiger charge is 2.22. The maximum atomic E-state index is 12.4. The van der Waals surface area contributed by atoms with E-state index in [0.717, 1.165) is 19.6 Å². The number of hydrogen-bond donors (Lipinski definition) is 2. The molecule has 2 rings (SSSR count). The predicted molar refractivity (Wildman–Crippen MR) is 81.4 cm³/mol. The molecule has 1 saturated heterocycles. The minimum absolute atomic E-state index is 0.0944. The van der Waals surface area contributed by atoms with Crippen molar-refractivity contribution in [1.82, 2.24) is 9.62 Å². The maximum Gasteiger partial charge on any atom is 0.242 e. The lowest BCUT2D eigenvalue weighted by atomic mass is 10.3. The van der Waals surface area contributed by atoms with Crippen molar-refractivity contribution in [2.75, 3.05) is 32.0 Å². The number of benzene rings is 1. The topological polar surface area (TPSA) is 61.4 Å². The summed E-state index contributed by atoms with van der Waals surface area (Å²) in [5.74, 6) is 0. The molecule has 0 aliphatic carbocycles. The van der Waals surface area contributed by atoms with Gasteiger partial charge < -0.3 is 10.2 Å². The summed E-state index contributed by atoms with van der Waals surface area (Å²) in [6.07, 6.45) is 2.42. The highest BCUT2D eigenvalue weighted by atomic mass is 32.2. The zero-order valence-electron chi connectivity index (χ0n) is 12.1. The third-order valence-electron chi connectivity index (χ3n) is 3.53. The number of para-hydroxylation sites is 1. The van der Waals surface area contributed by atoms with E-state index in [1.165, 1.54) is 12.8 Å². The van der Waals surface area contributed by atoms with E-state index in [2.05, 4.69) is 14.9 Å². The Balaban J connectivity index is 2.06. The molecule has 1 aliphatic heterocycles. The van der Waals surface area contributed by atoms with Gasteiger partial charge in [0.25, 0.3) is 0 Å². The van der Waals surface area contributed by atoms with Crippen LogP contribution in [0.4, 0.5) is 5.69 Å². The zero-order valence-corrected chi connectivity index (χ0v) is 12.9. The lowest BCUT2D eigenvalue weighted by Gasteiger charge is -2.21. The molecule has 1 aliphatic rings. The van der Waals surface area contributed by atoms with Gasteiger partial charge in [-0.25, -0.2) is 13.1 Å². The van der Waals surface area contributed by atoms with Gasteiger partial charge in [0.15, 0.2) is 0 Å². The van der Waals surface area contributed by atoms with Crippen molar-refractivity contribution in [2.45, 2.75) is 30.7 Å². The summed E-state index contributed by atoms with van der Waals surface area (Å²) in [4.78, 5) is 2.60. The van der Waals surface area contributed by atoms with E-state index in [9.17, 15) is 8.42 Å². The Labute approximate surface area is 121 Å². The molecule has 0 bridgehead atoms. The summed E-state index contributed by atoms with van der Waals surface area (Å²) in [6.45, 7) is 4.82. The third-order valence-corrected chi connectivity index (χ3v) is 5.18. The molecule has 2 N–H and O–H groups in total. The first-order chi connectivity index (χ1) is 9.53. The second-order valence-electron chi connectivity index (χ2n) is 5.28. The van der Waals surface area contributed by atoms with Crippen LogP contribution in [-0.2, 0) is 10.0 Å². The molecule has 0 saturated carbocycles. The fraction of sp³-hybridized carbons (Fsp3) is 0.571. The van der Waals surface area contributed by atoms with Crippen molar-refractivity contribution in [2.24, 2.45) is 0 Å². The minimum atomic E-state index is -3.48. The van der Waals surface area contributed by atoms with Crippen molar-refractivity contribution in [1.29, 1.82) is 0 Å². The monoisotopic (exact) mass is 297 g/mol. The standard InChI is InChI=1S/C14H23N3O2S/c1-12(11-17-9-5-6-10-17)16-20(18,19)14-8-4-3-7-13(14)15-2/h3-4,7-8,12,15-16H,5-6,9-11H2,1-2H3. The largest absolute Gasteiger partial charge is 0.387 e. The van der Waals surface area contributed by atoms with E-state index in [0.29, 0.717) is 10.6 Å². The second kappa shape index (κ2) is 6.56. The van der Waals surface area contributed by atoms with Crippen LogP contribution in [0.25, 0.3) is 0 Å². The molecule has 0 amide bonds. The second-order valence-corrected chi connectivity index (χ2v) is 6.96. The van der Waals surface area contributed by atoms with E-state index >= 15 is 0 Å². The van der Waals surface area contributed by atoms with Gasteiger partial charge in [0.1, 0.15) is 4.90 Å². The molecule has 0 spiro atoms. The average molecular weight is 297 g/mol. The van der Waals surface area contributed by atoms with Crippen LogP contribution in [0.1, 0.15) is 19.8 Å². The number of likely N-dealkylation sites (tertiary alicyclic amines) is 1. The quantitative estimate of drug-likeness (QED) is 0.835. The molecule has 112 valence electrons. The van der Waals surface area contributed by atoms with Crippen molar-refractivity contribution in [3.63, 3.8) is 0 Å². The van der Waals surface area contributed by atoms with Crippen LogP contribution in [0, 0.1) is 0 Å². The van der Waals surface area contributed by atoms with Gasteiger partial charge in [0.05, 0.1) is 5.69 Å². The fourth-order valence-electron chi connectivity index (χ4n) is 2.63. The number of rotatable bonds is 6. The molecular weight excluding hydrogens is 274 g/mol. The highest BCUT2D eigenvalue weighted by molar-refractivity contribution is 7.89. The summed E-state index contributed by atoms with van der Waals surface area (Å²) >= 11 is 0. The van der Waals surface area contributed by atoms with Gasteiger partial charge in [-0.15, -0.1) is 0 Å². The lowest BCUT2D eigenvalue weighted by molar-refractivity contribution is 0.313. The Morgan fingerprint density at radius 3 is 2.55 bits per heavy atom. The first-order valence-corrected chi connectivity index (χ1v) is 8.53. The molecule has 1 unspecified atom stereocenters. The Bertz CT molecular complexity index is 539. The van der Waals surface area contributed by atoms with Crippen LogP contribution in [-0.4, -0.2) is 46.0 Å². The zero-order chi connectivity index (χ0) is 14.6. The normalized spacial score (nSPS) is 18.1. The minimum Gasteiger partial charge on any atom is -0.387 e. The Hall–Kier alpha value is -1.11. The van der Waals surface area contributed by atoms with Gasteiger partial charge in [-0.05, 0) is 45.0 Å². The summed E-state index contributed by atoms with van der Waals surface area (Å²) in [7, 11) is -1.76. The molecular formula is C14H23N3O2S. The fourth-order valence-corrected chi connectivity index (χ4v) is 4.07. The van der Waals surface area contributed by atoms with Gasteiger partial charge in [-0.2, -0.15) is 0 Å². The molecule has 1 atom stereocenters. The van der Waals surface area contributed by atoms with Crippen molar-refractivity contribution >= 4 is 15.7 Å². The number of hydrogen-bond acceptors (Lipinski definition) is 4. The van der Waals surface area contributed by atoms with Crippen LogP contribution in [0.3, 0.4) is 0 Å². The van der Waals surface area contributed by atoms with Crippen LogP contribution in [0.5, 0.6) is 0 Å². The molecule has 1 aromatic carbocycles. The van der Waals surface area contributed by atoms with Crippen molar-refractivity contribution < 1.29 is 8.42 Å². The molecule has 20 heavy (non-hydrogen) atoms. The Kier molecular flexibility index (Phi) is 5.01. The number of sulfonamides is 1. The van der Waals surface area contributed by atoms with Crippen LogP contribution in [0.2, 0.25) is 0 Å². The SMILES string of the molecule is CNc1ccccc1S(=O)(=O)NC(C)CN1CCCC1. The molecule has 1 aromatic rings. The van der Waals surface area contributed by atoms with Crippen LogP contribution < -0.4 is 10.0 Å². The van der Waals surface area contributed by atoms with Crippen molar-refractivity contribution in [3.8, 4) is 0 Å². The van der Waals surface area contributed by atoms with Gasteiger partial charge >= 0.3 is 0 Å². The Morgan fingerprint density at radius 2 is 1.90 bits per heavy atom. The molecule has 1 heterocycles. The summed E-state index contributed by atoms with van der Waals surface area (Å²) in [6, 6.07) is 6.85. The highest BCUT2D eigenvalue weighted by Crippen LogP contribution is 2.20. The summed E-state index contributed by atoms with van der Waals surface area (Å²) in [5, 5.41) is 2.92. The van der Waals surface area contributed by atoms with Gasteiger partial charge in [0.2, 0.25) is 10.0 Å². The van der Waals surface area contributed by atoms with E-state index < -0.39 is 10.0 Å². The van der Waals surface area contributed by atoms with E-state index in [4.69, 9.17) is 0 Å². The smallest absolute Gasteiger partial charge is 0.242 e. The Morgan fingerprint density at radius 1 is 1.25 bits per heavy atom. The predicted octanol–water partition coefficient (Wildman–Crippen LogP) is 1.49. The number of anilines is 1. The molecule has 1 fully saturated rings. The lowest BCUT2D eigenvalue weighted by Crippen LogP contribution is -2.41. The number of nitrogens with one attached hydrogen (secondary N) is 2. The molecule has 0 radical (unpaired) electrons. The van der Waals surface area contributed by atoms with Gasteiger partial charge in [-0.3, -0.25) is 0 Å². The van der Waals surface area contributed by atoms with E-state index in [-0.39, 0.29) is 6.04 Å². The third kappa shape index (κ3) is 3.71. The molecule has 6 heteroatoms. The summed E-state index contributed by atoms with van der Waals surface area (Å²) in [5.41, 5.74) is 0.619. The number of nitrogens with zero attached hydrogens (tertiary/aromatic N) is 1. The van der Waals surface area contributed by atoms with Crippen LogP contribution >= 0.6 is 0 Å². The van der Waals surface area contributed by atoms with E-state index in [1.807, 2.05) is 13.0 Å². The summed E-state index contributed by atoms with van der Waals surface area (Å²) < 4.78 is 27.6. The van der Waals surface area contributed by atoms with Gasteiger partial charge in [-0.1, -0.05) is 12.1 Å². The van der Waals surface area contributed by atoms with Crippen LogP contribution in [0.15, 0.2) is 29.2 Å². The average Bonchev–Trinajstić information content (AvgIpc) is 2.90. The molecule has 0 aromatic heterocycles. The maximum absolute atomic E-state index is 12.4. The molecule has 5 nitrogen and oxygen atoms in total. The van der Waals surface area contributed by atoms with Crippen molar-refractivity contribution in [3.05, 3.63) is 24.3 Å². The van der Waals surface area contributed by atoms with Gasteiger partial charge in [0, 0.05) is 19.6 Å². The van der Waals surface area contributed by atoms with E-state index in [1.54, 1.807) is 25.2 Å².